The molecule has 0 saturated heterocycles. The lowest BCUT2D eigenvalue weighted by atomic mass is 9.61. The second-order valence-electron chi connectivity index (χ2n) is 6.17. The van der Waals surface area contributed by atoms with E-state index in [0.29, 0.717) is 17.0 Å². The minimum absolute atomic E-state index is 0.0564. The zero-order valence-corrected chi connectivity index (χ0v) is 12.4. The first kappa shape index (κ1) is 15.0. The maximum absolute atomic E-state index is 13.4. The average molecular weight is 294 g/mol. The van der Waals surface area contributed by atoms with Crippen molar-refractivity contribution >= 4 is 17.4 Å². The van der Waals surface area contributed by atoms with Gasteiger partial charge in [-0.25, -0.2) is 4.39 Å². The summed E-state index contributed by atoms with van der Waals surface area (Å²) >= 11 is 6.07. The Labute approximate surface area is 123 Å². The van der Waals surface area contributed by atoms with Gasteiger partial charge in [-0.3, -0.25) is 4.79 Å². The van der Waals surface area contributed by atoms with E-state index in [-0.39, 0.29) is 12.2 Å². The van der Waals surface area contributed by atoms with E-state index in [1.807, 2.05) is 13.8 Å². The highest BCUT2D eigenvalue weighted by molar-refractivity contribution is 6.31. The van der Waals surface area contributed by atoms with Gasteiger partial charge < -0.3 is 0 Å². The summed E-state index contributed by atoms with van der Waals surface area (Å²) in [6.07, 6.45) is 2.30. The number of benzene rings is 1. The molecule has 1 fully saturated rings. The second kappa shape index (κ2) is 5.18. The number of nitriles is 1. The van der Waals surface area contributed by atoms with Crippen molar-refractivity contribution < 1.29 is 9.18 Å². The van der Waals surface area contributed by atoms with Crippen LogP contribution in [0.15, 0.2) is 18.2 Å². The standard InChI is InChI=1S/C16H17ClFNO/c1-15(2)6-3-7-16(10-19,14(15)20)9-11-8-12(18)4-5-13(11)17/h4-5,8H,3,6-7,9H2,1-2H3. The first-order valence-electron chi connectivity index (χ1n) is 6.71. The molecule has 0 aromatic heterocycles. The van der Waals surface area contributed by atoms with E-state index in [9.17, 15) is 14.4 Å². The summed E-state index contributed by atoms with van der Waals surface area (Å²) in [7, 11) is 0. The maximum atomic E-state index is 13.4. The van der Waals surface area contributed by atoms with Gasteiger partial charge in [0.05, 0.1) is 6.07 Å². The summed E-state index contributed by atoms with van der Waals surface area (Å²) in [6.45, 7) is 3.74. The van der Waals surface area contributed by atoms with Crippen LogP contribution in [0.3, 0.4) is 0 Å². The highest BCUT2D eigenvalue weighted by atomic mass is 35.5. The Morgan fingerprint density at radius 2 is 2.10 bits per heavy atom. The lowest BCUT2D eigenvalue weighted by Gasteiger charge is -2.39. The second-order valence-corrected chi connectivity index (χ2v) is 6.58. The molecule has 0 aliphatic heterocycles. The van der Waals surface area contributed by atoms with Crippen molar-refractivity contribution in [3.8, 4) is 6.07 Å². The van der Waals surface area contributed by atoms with Crippen LogP contribution in [0.25, 0.3) is 0 Å². The van der Waals surface area contributed by atoms with Crippen LogP contribution in [0.5, 0.6) is 0 Å². The third-order valence-electron chi connectivity index (χ3n) is 4.17. The third-order valence-corrected chi connectivity index (χ3v) is 4.54. The first-order valence-corrected chi connectivity index (χ1v) is 7.09. The molecule has 1 aromatic carbocycles. The van der Waals surface area contributed by atoms with Gasteiger partial charge in [-0.2, -0.15) is 5.26 Å². The minimum Gasteiger partial charge on any atom is -0.297 e. The molecule has 1 aromatic rings. The fourth-order valence-electron chi connectivity index (χ4n) is 3.03. The molecule has 0 spiro atoms. The van der Waals surface area contributed by atoms with Crippen LogP contribution in [0.2, 0.25) is 5.02 Å². The van der Waals surface area contributed by atoms with E-state index in [2.05, 4.69) is 6.07 Å². The van der Waals surface area contributed by atoms with Crippen molar-refractivity contribution in [2.45, 2.75) is 39.5 Å². The van der Waals surface area contributed by atoms with Gasteiger partial charge in [-0.05, 0) is 43.0 Å². The summed E-state index contributed by atoms with van der Waals surface area (Å²) in [5, 5.41) is 9.96. The predicted molar refractivity (Wildman–Crippen MR) is 75.8 cm³/mol. The molecule has 1 atom stereocenters. The number of hydrogen-bond donors (Lipinski definition) is 0. The van der Waals surface area contributed by atoms with Gasteiger partial charge in [-0.15, -0.1) is 0 Å². The molecular weight excluding hydrogens is 277 g/mol. The molecule has 1 unspecified atom stereocenters. The van der Waals surface area contributed by atoms with Crippen LogP contribution >= 0.6 is 11.6 Å². The average Bonchev–Trinajstić information content (AvgIpc) is 2.39. The van der Waals surface area contributed by atoms with Crippen LogP contribution < -0.4 is 0 Å². The molecule has 20 heavy (non-hydrogen) atoms. The molecule has 0 radical (unpaired) electrons. The number of rotatable bonds is 2. The van der Waals surface area contributed by atoms with Gasteiger partial charge in [0.1, 0.15) is 11.2 Å². The molecule has 1 saturated carbocycles. The maximum Gasteiger partial charge on any atom is 0.158 e. The molecule has 1 aliphatic rings. The van der Waals surface area contributed by atoms with Gasteiger partial charge in [-0.1, -0.05) is 31.9 Å². The van der Waals surface area contributed by atoms with Crippen LogP contribution in [-0.4, -0.2) is 5.78 Å². The minimum atomic E-state index is -1.08. The largest absolute Gasteiger partial charge is 0.297 e. The quantitative estimate of drug-likeness (QED) is 0.815. The Morgan fingerprint density at radius 3 is 2.75 bits per heavy atom. The Morgan fingerprint density at radius 1 is 1.40 bits per heavy atom. The van der Waals surface area contributed by atoms with Crippen LogP contribution in [0.4, 0.5) is 4.39 Å². The number of hydrogen-bond acceptors (Lipinski definition) is 2. The summed E-state index contributed by atoms with van der Waals surface area (Å²) in [5.41, 5.74) is -1.06. The van der Waals surface area contributed by atoms with E-state index < -0.39 is 16.6 Å². The monoisotopic (exact) mass is 293 g/mol. The normalized spacial score (nSPS) is 25.2. The summed E-state index contributed by atoms with van der Waals surface area (Å²) in [4.78, 5) is 12.6. The first-order chi connectivity index (χ1) is 9.31. The molecule has 4 heteroatoms. The highest BCUT2D eigenvalue weighted by Crippen LogP contribution is 2.45. The zero-order chi connectivity index (χ0) is 15.0. The van der Waals surface area contributed by atoms with Crippen molar-refractivity contribution in [1.29, 1.82) is 5.26 Å². The highest BCUT2D eigenvalue weighted by Gasteiger charge is 2.49. The molecule has 1 aliphatic carbocycles. The van der Waals surface area contributed by atoms with Crippen molar-refractivity contribution in [3.05, 3.63) is 34.6 Å². The van der Waals surface area contributed by atoms with Gasteiger partial charge >= 0.3 is 0 Å². The van der Waals surface area contributed by atoms with Crippen LogP contribution in [-0.2, 0) is 11.2 Å². The van der Waals surface area contributed by atoms with Crippen molar-refractivity contribution in [1.82, 2.24) is 0 Å². The topological polar surface area (TPSA) is 40.9 Å². The molecule has 0 heterocycles. The van der Waals surface area contributed by atoms with Crippen LogP contribution in [0, 0.1) is 28.0 Å². The summed E-state index contributed by atoms with van der Waals surface area (Å²) in [6, 6.07) is 6.25. The third kappa shape index (κ3) is 2.58. The van der Waals surface area contributed by atoms with Crippen LogP contribution in [0.1, 0.15) is 38.7 Å². The van der Waals surface area contributed by atoms with Gasteiger partial charge in [0.2, 0.25) is 0 Å². The van der Waals surface area contributed by atoms with E-state index in [1.54, 1.807) is 0 Å². The number of nitrogens with zero attached hydrogens (tertiary/aromatic N) is 1. The van der Waals surface area contributed by atoms with Crippen molar-refractivity contribution in [2.75, 3.05) is 0 Å². The molecule has 2 nitrogen and oxygen atoms in total. The number of Topliss-reactive ketones (excluding diaryl/α,β-unsaturated/α-hetero) is 1. The number of ketones is 1. The van der Waals surface area contributed by atoms with Crippen molar-refractivity contribution in [3.63, 3.8) is 0 Å². The summed E-state index contributed by atoms with van der Waals surface area (Å²) in [5.74, 6) is -0.459. The Hall–Kier alpha value is -1.40. The van der Waals surface area contributed by atoms with E-state index in [1.165, 1.54) is 18.2 Å². The van der Waals surface area contributed by atoms with E-state index in [0.717, 1.165) is 12.8 Å². The molecular formula is C16H17ClFNO. The number of carbonyl (C=O) groups excluding carboxylic acids is 1. The molecule has 0 amide bonds. The molecule has 106 valence electrons. The molecule has 2 rings (SSSR count). The predicted octanol–water partition coefficient (Wildman–Crippen LogP) is 4.31. The Kier molecular flexibility index (Phi) is 3.88. The van der Waals surface area contributed by atoms with Gasteiger partial charge in [0, 0.05) is 10.4 Å². The smallest absolute Gasteiger partial charge is 0.158 e. The van der Waals surface area contributed by atoms with E-state index in [4.69, 9.17) is 11.6 Å². The summed E-state index contributed by atoms with van der Waals surface area (Å²) < 4.78 is 13.4. The van der Waals surface area contributed by atoms with Gasteiger partial charge in [0.15, 0.2) is 5.78 Å². The van der Waals surface area contributed by atoms with Crippen molar-refractivity contribution in [2.24, 2.45) is 10.8 Å². The fraction of sp³-hybridized carbons (Fsp3) is 0.500. The van der Waals surface area contributed by atoms with E-state index >= 15 is 0 Å². The zero-order valence-electron chi connectivity index (χ0n) is 11.7. The Bertz CT molecular complexity index is 591. The number of carbonyl (C=O) groups is 1. The molecule has 0 bridgehead atoms. The SMILES string of the molecule is CC1(C)CCCC(C#N)(Cc2cc(F)ccc2Cl)C1=O. The number of halogens is 2. The lowest BCUT2D eigenvalue weighted by molar-refractivity contribution is -0.138. The Balaban J connectivity index is 2.40. The fourth-order valence-corrected chi connectivity index (χ4v) is 3.21. The van der Waals surface area contributed by atoms with Gasteiger partial charge in [0.25, 0.3) is 0 Å². The lowest BCUT2D eigenvalue weighted by Crippen LogP contribution is -2.45. The molecule has 0 N–H and O–H groups in total.